The summed E-state index contributed by atoms with van der Waals surface area (Å²) in [5, 5.41) is 0.557. The standard InChI is InChI=1S/C9H8Cl2N4/c10-8-13-6-15(9(11)14-8)5-7-2-1-3-12-4-7/h1-4H,5-6H2. The highest BCUT2D eigenvalue weighted by Crippen LogP contribution is 2.11. The molecule has 0 N–H and O–H groups in total. The Kier molecular flexibility index (Phi) is 3.18. The van der Waals surface area contributed by atoms with E-state index in [2.05, 4.69) is 15.0 Å². The normalized spacial score (nSPS) is 16.0. The van der Waals surface area contributed by atoms with Gasteiger partial charge in [-0.2, -0.15) is 4.99 Å². The van der Waals surface area contributed by atoms with Crippen LogP contribution in [0.15, 0.2) is 34.5 Å². The number of halogens is 2. The first-order chi connectivity index (χ1) is 7.25. The van der Waals surface area contributed by atoms with Gasteiger partial charge in [0.2, 0.25) is 10.6 Å². The number of hydrogen-bond donors (Lipinski definition) is 0. The molecule has 0 amide bonds. The Morgan fingerprint density at radius 2 is 2.27 bits per heavy atom. The van der Waals surface area contributed by atoms with Gasteiger partial charge in [-0.15, -0.1) is 0 Å². The summed E-state index contributed by atoms with van der Waals surface area (Å²) in [4.78, 5) is 13.7. The minimum Gasteiger partial charge on any atom is -0.323 e. The molecule has 15 heavy (non-hydrogen) atoms. The summed E-state index contributed by atoms with van der Waals surface area (Å²) in [5.41, 5.74) is 1.05. The van der Waals surface area contributed by atoms with Crippen LogP contribution in [0.25, 0.3) is 0 Å². The Bertz CT molecular complexity index is 402. The van der Waals surface area contributed by atoms with Crippen molar-refractivity contribution in [3.05, 3.63) is 30.1 Å². The first kappa shape index (κ1) is 10.4. The lowest BCUT2D eigenvalue weighted by molar-refractivity contribution is 0.429. The van der Waals surface area contributed by atoms with Gasteiger partial charge in [0.1, 0.15) is 6.67 Å². The Hall–Kier alpha value is -1.13. The number of rotatable bonds is 2. The van der Waals surface area contributed by atoms with Crippen LogP contribution in [0.2, 0.25) is 0 Å². The first-order valence-corrected chi connectivity index (χ1v) is 5.09. The maximum Gasteiger partial charge on any atom is 0.222 e. The quantitative estimate of drug-likeness (QED) is 0.746. The highest BCUT2D eigenvalue weighted by molar-refractivity contribution is 6.71. The fourth-order valence-corrected chi connectivity index (χ4v) is 1.58. The van der Waals surface area contributed by atoms with Crippen molar-refractivity contribution in [1.29, 1.82) is 0 Å². The summed E-state index contributed by atoms with van der Waals surface area (Å²) < 4.78 is 0. The maximum absolute atomic E-state index is 5.92. The fraction of sp³-hybridized carbons (Fsp3) is 0.222. The lowest BCUT2D eigenvalue weighted by Crippen LogP contribution is -2.30. The zero-order valence-corrected chi connectivity index (χ0v) is 9.28. The van der Waals surface area contributed by atoms with Crippen molar-refractivity contribution in [2.75, 3.05) is 6.67 Å². The van der Waals surface area contributed by atoms with Gasteiger partial charge in [0.15, 0.2) is 0 Å². The summed E-state index contributed by atoms with van der Waals surface area (Å²) >= 11 is 11.5. The molecule has 1 aromatic heterocycles. The lowest BCUT2D eigenvalue weighted by Gasteiger charge is -2.22. The third kappa shape index (κ3) is 2.67. The van der Waals surface area contributed by atoms with Gasteiger partial charge in [-0.3, -0.25) is 4.98 Å². The average molecular weight is 243 g/mol. The molecule has 0 spiro atoms. The van der Waals surface area contributed by atoms with Gasteiger partial charge in [-0.25, -0.2) is 4.99 Å². The van der Waals surface area contributed by atoms with E-state index in [9.17, 15) is 0 Å². The van der Waals surface area contributed by atoms with Gasteiger partial charge in [0, 0.05) is 18.9 Å². The molecule has 2 heterocycles. The van der Waals surface area contributed by atoms with Gasteiger partial charge >= 0.3 is 0 Å². The van der Waals surface area contributed by atoms with Crippen LogP contribution in [0, 0.1) is 0 Å². The van der Waals surface area contributed by atoms with Crippen molar-refractivity contribution in [3.63, 3.8) is 0 Å². The van der Waals surface area contributed by atoms with Crippen LogP contribution >= 0.6 is 23.2 Å². The molecular formula is C9H8Cl2N4. The summed E-state index contributed by atoms with van der Waals surface area (Å²) in [6, 6.07) is 3.84. The average Bonchev–Trinajstić information content (AvgIpc) is 2.24. The molecule has 2 rings (SSSR count). The topological polar surface area (TPSA) is 40.9 Å². The van der Waals surface area contributed by atoms with Crippen molar-refractivity contribution in [1.82, 2.24) is 9.88 Å². The van der Waals surface area contributed by atoms with E-state index in [-0.39, 0.29) is 5.29 Å². The van der Waals surface area contributed by atoms with Crippen LogP contribution in [0.1, 0.15) is 5.56 Å². The summed E-state index contributed by atoms with van der Waals surface area (Å²) in [6.45, 7) is 1.06. The molecule has 1 aromatic rings. The molecule has 0 unspecified atom stereocenters. The highest BCUT2D eigenvalue weighted by atomic mass is 35.5. The van der Waals surface area contributed by atoms with Gasteiger partial charge < -0.3 is 4.90 Å². The number of aromatic nitrogens is 1. The third-order valence-electron chi connectivity index (χ3n) is 1.91. The SMILES string of the molecule is ClC1=NCN(Cc2cccnc2)C(Cl)=N1. The Morgan fingerprint density at radius 3 is 2.93 bits per heavy atom. The van der Waals surface area contributed by atoms with E-state index in [1.807, 2.05) is 17.0 Å². The van der Waals surface area contributed by atoms with E-state index in [4.69, 9.17) is 23.2 Å². The van der Waals surface area contributed by atoms with E-state index in [0.717, 1.165) is 5.56 Å². The number of nitrogens with zero attached hydrogens (tertiary/aromatic N) is 4. The van der Waals surface area contributed by atoms with Crippen molar-refractivity contribution < 1.29 is 0 Å². The van der Waals surface area contributed by atoms with Gasteiger partial charge in [0.05, 0.1) is 0 Å². The Morgan fingerprint density at radius 1 is 1.40 bits per heavy atom. The number of aliphatic imine (C=N–C) groups is 2. The predicted octanol–water partition coefficient (Wildman–Crippen LogP) is 2.04. The molecule has 78 valence electrons. The minimum atomic E-state index is 0.197. The predicted molar refractivity (Wildman–Crippen MR) is 61.2 cm³/mol. The monoisotopic (exact) mass is 242 g/mol. The van der Waals surface area contributed by atoms with Crippen LogP contribution in [0.3, 0.4) is 0 Å². The van der Waals surface area contributed by atoms with E-state index in [0.29, 0.717) is 18.5 Å². The maximum atomic E-state index is 5.92. The molecule has 6 heteroatoms. The molecule has 0 bridgehead atoms. The molecule has 4 nitrogen and oxygen atoms in total. The molecule has 0 aliphatic carbocycles. The van der Waals surface area contributed by atoms with Gasteiger partial charge in [-0.1, -0.05) is 6.07 Å². The number of pyridine rings is 1. The van der Waals surface area contributed by atoms with Crippen molar-refractivity contribution in [3.8, 4) is 0 Å². The third-order valence-corrected chi connectivity index (χ3v) is 2.44. The van der Waals surface area contributed by atoms with E-state index < -0.39 is 0 Å². The van der Waals surface area contributed by atoms with E-state index in [1.165, 1.54) is 0 Å². The highest BCUT2D eigenvalue weighted by Gasteiger charge is 2.14. The lowest BCUT2D eigenvalue weighted by atomic mass is 10.3. The Labute approximate surface area is 97.3 Å². The van der Waals surface area contributed by atoms with Crippen molar-refractivity contribution in [2.24, 2.45) is 9.98 Å². The molecule has 0 saturated heterocycles. The zero-order valence-electron chi connectivity index (χ0n) is 7.77. The van der Waals surface area contributed by atoms with E-state index in [1.54, 1.807) is 12.4 Å². The molecule has 0 aromatic carbocycles. The Balaban J connectivity index is 2.06. The second-order valence-electron chi connectivity index (χ2n) is 3.01. The molecule has 0 atom stereocenters. The molecular weight excluding hydrogens is 235 g/mol. The molecule has 0 saturated carbocycles. The molecule has 0 radical (unpaired) electrons. The number of hydrogen-bond acceptors (Lipinski definition) is 4. The zero-order chi connectivity index (χ0) is 10.7. The fourth-order valence-electron chi connectivity index (χ4n) is 1.21. The van der Waals surface area contributed by atoms with Crippen LogP contribution in [-0.4, -0.2) is 27.1 Å². The molecule has 1 aliphatic rings. The minimum absolute atomic E-state index is 0.197. The molecule has 1 aliphatic heterocycles. The van der Waals surface area contributed by atoms with E-state index >= 15 is 0 Å². The van der Waals surface area contributed by atoms with Crippen LogP contribution < -0.4 is 0 Å². The molecule has 0 fully saturated rings. The largest absolute Gasteiger partial charge is 0.323 e. The summed E-state index contributed by atoms with van der Waals surface area (Å²) in [6.07, 6.45) is 3.51. The second kappa shape index (κ2) is 4.59. The summed E-state index contributed by atoms with van der Waals surface area (Å²) in [5.74, 6) is 0. The van der Waals surface area contributed by atoms with Crippen LogP contribution in [0.4, 0.5) is 0 Å². The number of amidine groups is 2. The van der Waals surface area contributed by atoms with Gasteiger partial charge in [0.25, 0.3) is 0 Å². The summed E-state index contributed by atoms with van der Waals surface area (Å²) in [7, 11) is 0. The van der Waals surface area contributed by atoms with Crippen LogP contribution in [0.5, 0.6) is 0 Å². The second-order valence-corrected chi connectivity index (χ2v) is 3.68. The van der Waals surface area contributed by atoms with Crippen molar-refractivity contribution in [2.45, 2.75) is 6.54 Å². The van der Waals surface area contributed by atoms with Gasteiger partial charge in [-0.05, 0) is 34.8 Å². The van der Waals surface area contributed by atoms with Crippen LogP contribution in [-0.2, 0) is 6.54 Å². The first-order valence-electron chi connectivity index (χ1n) is 4.34. The van der Waals surface area contributed by atoms with Crippen molar-refractivity contribution >= 4 is 33.8 Å². The smallest absolute Gasteiger partial charge is 0.222 e.